The van der Waals surface area contributed by atoms with Gasteiger partial charge in [0, 0.05) is 20.9 Å². The Balaban J connectivity index is 1.36. The molecule has 10 rings (SSSR count). The molecule has 0 amide bonds. The van der Waals surface area contributed by atoms with Crippen molar-refractivity contribution in [3.05, 3.63) is 126 Å². The summed E-state index contributed by atoms with van der Waals surface area (Å²) in [4.78, 5) is 19.4. The van der Waals surface area contributed by atoms with Gasteiger partial charge in [0.25, 0.3) is 5.56 Å². The van der Waals surface area contributed by atoms with E-state index in [1.807, 2.05) is 24.3 Å². The van der Waals surface area contributed by atoms with Crippen molar-refractivity contribution in [1.29, 1.82) is 0 Å². The molecule has 0 saturated carbocycles. The number of benzene rings is 6. The van der Waals surface area contributed by atoms with Crippen LogP contribution in [0.5, 0.6) is 0 Å². The highest BCUT2D eigenvalue weighted by Gasteiger charge is 2.24. The Morgan fingerprint density at radius 1 is 0.537 bits per heavy atom. The number of aromatic nitrogens is 3. The number of hydrogen-bond donors (Lipinski definition) is 0. The Hall–Kier alpha value is -5.26. The highest BCUT2D eigenvalue weighted by molar-refractivity contribution is 7.23. The molecule has 0 bridgehead atoms. The van der Waals surface area contributed by atoms with E-state index in [2.05, 4.69) is 95.6 Å². The third kappa shape index (κ3) is 2.60. The molecule has 0 spiro atoms. The zero-order valence-corrected chi connectivity index (χ0v) is 22.4. The molecule has 0 fully saturated rings. The molecule has 1 aliphatic rings. The minimum absolute atomic E-state index is 0.0213. The van der Waals surface area contributed by atoms with E-state index in [-0.39, 0.29) is 5.56 Å². The third-order valence-corrected chi connectivity index (χ3v) is 9.75. The predicted molar refractivity (Wildman–Crippen MR) is 171 cm³/mol. The Labute approximate surface area is 237 Å². The zero-order chi connectivity index (χ0) is 26.8. The van der Waals surface area contributed by atoms with Crippen LogP contribution in [-0.4, -0.2) is 14.0 Å². The van der Waals surface area contributed by atoms with Crippen molar-refractivity contribution in [2.45, 2.75) is 0 Å². The van der Waals surface area contributed by atoms with Crippen LogP contribution in [0.15, 0.2) is 120 Å². The van der Waals surface area contributed by atoms with E-state index in [4.69, 9.17) is 4.98 Å². The highest BCUT2D eigenvalue weighted by atomic mass is 32.1. The van der Waals surface area contributed by atoms with Crippen molar-refractivity contribution >= 4 is 70.0 Å². The van der Waals surface area contributed by atoms with E-state index >= 15 is 0 Å². The van der Waals surface area contributed by atoms with Crippen LogP contribution in [0.2, 0.25) is 0 Å². The molecule has 0 saturated heterocycles. The van der Waals surface area contributed by atoms with E-state index in [0.29, 0.717) is 0 Å². The normalized spacial score (nSPS) is 12.5. The van der Waals surface area contributed by atoms with Crippen LogP contribution in [-0.2, 0) is 0 Å². The Morgan fingerprint density at radius 3 is 2.10 bits per heavy atom. The van der Waals surface area contributed by atoms with Crippen LogP contribution >= 0.6 is 11.3 Å². The van der Waals surface area contributed by atoms with E-state index in [0.717, 1.165) is 53.6 Å². The van der Waals surface area contributed by atoms with Gasteiger partial charge in [-0.25, -0.2) is 9.38 Å². The second kappa shape index (κ2) is 7.47. The van der Waals surface area contributed by atoms with Gasteiger partial charge in [-0.3, -0.25) is 4.79 Å². The van der Waals surface area contributed by atoms with Crippen molar-refractivity contribution in [3.8, 4) is 27.9 Å². The maximum absolute atomic E-state index is 13.6. The molecule has 190 valence electrons. The molecule has 0 radical (unpaired) electrons. The summed E-state index contributed by atoms with van der Waals surface area (Å²) in [6.07, 6.45) is 0. The highest BCUT2D eigenvalue weighted by Crippen LogP contribution is 2.49. The fourth-order valence-electron chi connectivity index (χ4n) is 7.04. The van der Waals surface area contributed by atoms with Gasteiger partial charge in [-0.15, -0.1) is 0 Å². The van der Waals surface area contributed by atoms with Gasteiger partial charge in [-0.05, 0) is 64.0 Å². The van der Waals surface area contributed by atoms with Crippen molar-refractivity contribution in [2.24, 2.45) is 0 Å². The second-order valence-electron chi connectivity index (χ2n) is 10.7. The first kappa shape index (κ1) is 21.5. The molecule has 3 aromatic heterocycles. The summed E-state index contributed by atoms with van der Waals surface area (Å²) in [6, 6.07) is 40.4. The van der Waals surface area contributed by atoms with Crippen LogP contribution in [0.25, 0.3) is 86.6 Å². The largest absolute Gasteiger partial charge is 0.309 e. The van der Waals surface area contributed by atoms with Crippen LogP contribution in [0, 0.1) is 0 Å². The topological polar surface area (TPSA) is 39.3 Å². The van der Waals surface area contributed by atoms with Gasteiger partial charge in [-0.1, -0.05) is 90.2 Å². The van der Waals surface area contributed by atoms with Crippen LogP contribution in [0.3, 0.4) is 0 Å². The maximum atomic E-state index is 13.6. The molecule has 3 heterocycles. The van der Waals surface area contributed by atoms with Gasteiger partial charge in [-0.2, -0.15) is 0 Å². The molecule has 0 unspecified atom stereocenters. The van der Waals surface area contributed by atoms with Crippen LogP contribution in [0.4, 0.5) is 0 Å². The fourth-order valence-corrected chi connectivity index (χ4v) is 8.06. The Bertz CT molecular complexity index is 2640. The summed E-state index contributed by atoms with van der Waals surface area (Å²) in [5.74, 6) is 0. The molecular weight excluding hydrogens is 522 g/mol. The van der Waals surface area contributed by atoms with Gasteiger partial charge in [0.05, 0.1) is 27.6 Å². The SMILES string of the molecule is O=c1c2ccccc2sc2nc3c4c5ccccc5n(-c5ccc6c7c(cccc57)-c5ccccc5-6)c4ccc3n12. The summed E-state index contributed by atoms with van der Waals surface area (Å²) in [5, 5.41) is 5.45. The first-order valence-corrected chi connectivity index (χ1v) is 14.5. The lowest BCUT2D eigenvalue weighted by molar-refractivity contribution is 1.19. The lowest BCUT2D eigenvalue weighted by atomic mass is 10.0. The van der Waals surface area contributed by atoms with Crippen LogP contribution in [0.1, 0.15) is 0 Å². The standard InChI is InChI=1S/C36H19N3OS/c40-35-26-11-4-6-15-31(26)41-36-37-34-30(39(35)36)19-18-29-33(34)25-10-3-5-14-27(25)38(29)28-17-16-23-21-9-2-1-8-20(21)22-12-7-13-24(28)32(22)23/h1-19H. The van der Waals surface area contributed by atoms with Gasteiger partial charge in [0.15, 0.2) is 4.96 Å². The molecule has 5 heteroatoms. The Morgan fingerprint density at radius 2 is 1.22 bits per heavy atom. The van der Waals surface area contributed by atoms with Gasteiger partial charge < -0.3 is 4.57 Å². The minimum Gasteiger partial charge on any atom is -0.309 e. The number of para-hydroxylation sites is 1. The molecule has 0 N–H and O–H groups in total. The lowest BCUT2D eigenvalue weighted by Crippen LogP contribution is -2.11. The quantitative estimate of drug-likeness (QED) is 0.208. The van der Waals surface area contributed by atoms with E-state index in [9.17, 15) is 4.79 Å². The molecule has 1 aliphatic carbocycles. The molecule has 9 aromatic rings. The average Bonchev–Trinajstić information content (AvgIpc) is 3.67. The van der Waals surface area contributed by atoms with E-state index in [1.54, 1.807) is 15.7 Å². The summed E-state index contributed by atoms with van der Waals surface area (Å²) in [7, 11) is 0. The maximum Gasteiger partial charge on any atom is 0.266 e. The summed E-state index contributed by atoms with van der Waals surface area (Å²) in [6.45, 7) is 0. The van der Waals surface area contributed by atoms with Crippen molar-refractivity contribution in [1.82, 2.24) is 14.0 Å². The van der Waals surface area contributed by atoms with Gasteiger partial charge in [0.1, 0.15) is 5.52 Å². The van der Waals surface area contributed by atoms with Crippen molar-refractivity contribution < 1.29 is 0 Å². The second-order valence-corrected chi connectivity index (χ2v) is 11.7. The first-order chi connectivity index (χ1) is 20.3. The van der Waals surface area contributed by atoms with Crippen molar-refractivity contribution in [2.75, 3.05) is 0 Å². The van der Waals surface area contributed by atoms with Gasteiger partial charge >= 0.3 is 0 Å². The van der Waals surface area contributed by atoms with Crippen molar-refractivity contribution in [3.63, 3.8) is 0 Å². The Kier molecular flexibility index (Phi) is 3.93. The van der Waals surface area contributed by atoms with E-state index in [1.165, 1.54) is 33.0 Å². The summed E-state index contributed by atoms with van der Waals surface area (Å²) in [5.41, 5.74) is 10.2. The smallest absolute Gasteiger partial charge is 0.266 e. The third-order valence-electron chi connectivity index (χ3n) is 8.72. The summed E-state index contributed by atoms with van der Waals surface area (Å²) >= 11 is 1.56. The predicted octanol–water partition coefficient (Wildman–Crippen LogP) is 8.96. The lowest BCUT2D eigenvalue weighted by Gasteiger charge is -2.13. The fraction of sp³-hybridized carbons (Fsp3) is 0. The van der Waals surface area contributed by atoms with E-state index < -0.39 is 0 Å². The van der Waals surface area contributed by atoms with Crippen LogP contribution < -0.4 is 5.56 Å². The molecule has 41 heavy (non-hydrogen) atoms. The molecule has 4 nitrogen and oxygen atoms in total. The number of fused-ring (bicyclic) bond motifs is 11. The zero-order valence-electron chi connectivity index (χ0n) is 21.6. The van der Waals surface area contributed by atoms with Gasteiger partial charge in [0.2, 0.25) is 0 Å². The summed E-state index contributed by atoms with van der Waals surface area (Å²) < 4.78 is 5.11. The molecule has 0 atom stereocenters. The number of hydrogen-bond acceptors (Lipinski definition) is 3. The minimum atomic E-state index is -0.0213. The number of rotatable bonds is 1. The monoisotopic (exact) mass is 541 g/mol. The number of imidazole rings is 1. The first-order valence-electron chi connectivity index (χ1n) is 13.7. The molecular formula is C36H19N3OS. The average molecular weight is 542 g/mol. The molecule has 6 aromatic carbocycles. The number of nitrogens with zero attached hydrogens (tertiary/aromatic N) is 3. The molecule has 0 aliphatic heterocycles.